The van der Waals surface area contributed by atoms with Crippen molar-refractivity contribution in [3.8, 4) is 28.5 Å². The summed E-state index contributed by atoms with van der Waals surface area (Å²) < 4.78 is 0.864. The summed E-state index contributed by atoms with van der Waals surface area (Å²) in [5.74, 6) is -0.204. The molecule has 5 rings (SSSR count). The van der Waals surface area contributed by atoms with Gasteiger partial charge in [0.25, 0.3) is 0 Å². The summed E-state index contributed by atoms with van der Waals surface area (Å²) in [5, 5.41) is 24.5. The van der Waals surface area contributed by atoms with E-state index < -0.39 is 11.4 Å². The topological polar surface area (TPSA) is 157 Å². The summed E-state index contributed by atoms with van der Waals surface area (Å²) in [6.45, 7) is 5.27. The number of urea groups is 1. The number of carboxylic acids is 1. The molecule has 1 saturated heterocycles. The van der Waals surface area contributed by atoms with Crippen molar-refractivity contribution in [3.05, 3.63) is 48.4 Å². The van der Waals surface area contributed by atoms with Gasteiger partial charge in [0.05, 0.1) is 33.8 Å². The number of nitrogens with zero attached hydrogens (tertiary/aromatic N) is 6. The first-order chi connectivity index (χ1) is 19.3. The van der Waals surface area contributed by atoms with Crippen molar-refractivity contribution >= 4 is 44.6 Å². The number of anilines is 2. The number of benzene rings is 1. The number of carbonyl (C=O) groups excluding carboxylic acids is 1. The van der Waals surface area contributed by atoms with E-state index in [-0.39, 0.29) is 12.5 Å². The summed E-state index contributed by atoms with van der Waals surface area (Å²) in [6, 6.07) is 9.50. The molecule has 12 heteroatoms. The van der Waals surface area contributed by atoms with Gasteiger partial charge >= 0.3 is 12.0 Å². The molecule has 0 bridgehead atoms. The first kappa shape index (κ1) is 27.0. The van der Waals surface area contributed by atoms with Gasteiger partial charge in [-0.25, -0.2) is 19.7 Å². The predicted molar refractivity (Wildman–Crippen MR) is 153 cm³/mol. The lowest BCUT2D eigenvalue weighted by molar-refractivity contribution is -0.149. The Kier molecular flexibility index (Phi) is 7.57. The molecule has 0 spiro atoms. The zero-order valence-corrected chi connectivity index (χ0v) is 23.0. The van der Waals surface area contributed by atoms with Crippen LogP contribution in [0.25, 0.3) is 32.6 Å². The second kappa shape index (κ2) is 11.2. The fourth-order valence-electron chi connectivity index (χ4n) is 4.57. The number of pyridine rings is 1. The smallest absolute Gasteiger partial charge is 0.321 e. The molecule has 40 heavy (non-hydrogen) atoms. The number of piperidine rings is 1. The molecule has 0 atom stereocenters. The van der Waals surface area contributed by atoms with Gasteiger partial charge in [0.15, 0.2) is 5.13 Å². The van der Waals surface area contributed by atoms with Crippen LogP contribution in [-0.4, -0.2) is 56.7 Å². The van der Waals surface area contributed by atoms with Gasteiger partial charge in [-0.2, -0.15) is 5.26 Å². The highest BCUT2D eigenvalue weighted by Gasteiger charge is 2.37. The van der Waals surface area contributed by atoms with E-state index in [0.29, 0.717) is 54.8 Å². The van der Waals surface area contributed by atoms with E-state index in [9.17, 15) is 14.7 Å². The van der Waals surface area contributed by atoms with Gasteiger partial charge in [-0.3, -0.25) is 15.1 Å². The van der Waals surface area contributed by atoms with Crippen LogP contribution in [0.1, 0.15) is 32.3 Å². The first-order valence-electron chi connectivity index (χ1n) is 12.9. The van der Waals surface area contributed by atoms with Crippen molar-refractivity contribution in [1.29, 1.82) is 5.26 Å². The minimum Gasteiger partial charge on any atom is -0.481 e. The Morgan fingerprint density at radius 3 is 2.50 bits per heavy atom. The number of hydrogen-bond acceptors (Lipinski definition) is 9. The Labute approximate surface area is 234 Å². The molecule has 1 aliphatic heterocycles. The molecule has 4 heterocycles. The van der Waals surface area contributed by atoms with Gasteiger partial charge in [0.2, 0.25) is 5.95 Å². The van der Waals surface area contributed by atoms with Crippen molar-refractivity contribution in [2.75, 3.05) is 29.9 Å². The van der Waals surface area contributed by atoms with Crippen LogP contribution >= 0.6 is 11.3 Å². The molecule has 1 aliphatic rings. The van der Waals surface area contributed by atoms with E-state index >= 15 is 0 Å². The number of nitrogens with one attached hydrogen (secondary N) is 2. The highest BCUT2D eigenvalue weighted by molar-refractivity contribution is 7.22. The molecule has 0 saturated carbocycles. The molecule has 11 nitrogen and oxygen atoms in total. The fourth-order valence-corrected chi connectivity index (χ4v) is 5.54. The third-order valence-corrected chi connectivity index (χ3v) is 8.09. The highest BCUT2D eigenvalue weighted by atomic mass is 32.1. The summed E-state index contributed by atoms with van der Waals surface area (Å²) in [4.78, 5) is 44.1. The zero-order valence-electron chi connectivity index (χ0n) is 22.1. The lowest BCUT2D eigenvalue weighted by atomic mass is 9.80. The second-order valence-corrected chi connectivity index (χ2v) is 10.9. The Morgan fingerprint density at radius 1 is 1.12 bits per heavy atom. The Hall–Kier alpha value is -4.63. The number of amides is 2. The van der Waals surface area contributed by atoms with E-state index in [4.69, 9.17) is 5.26 Å². The number of nitriles is 1. The van der Waals surface area contributed by atoms with Gasteiger partial charge < -0.3 is 15.3 Å². The zero-order chi connectivity index (χ0) is 28.3. The lowest BCUT2D eigenvalue weighted by Crippen LogP contribution is -2.43. The Morgan fingerprint density at radius 2 is 1.88 bits per heavy atom. The van der Waals surface area contributed by atoms with Gasteiger partial charge in [-0.1, -0.05) is 17.4 Å². The first-order valence-corrected chi connectivity index (χ1v) is 13.7. The standard InChI is InChI=1S/C28H28N8O3S/c1-3-30-26(39)35-27-34-22-13-18(12-20(23(22)40-27)21-5-4-17(6-9-29)14-31-21)19-15-32-25(33-16-19)36-10-7-28(2,8-11-36)24(37)38/h4-5,12-16H,3,6-8,10-11H2,1-2H3,(H,37,38)(H2,30,34,35,39). The molecule has 0 aliphatic carbocycles. The molecule has 3 aromatic heterocycles. The third kappa shape index (κ3) is 5.55. The summed E-state index contributed by atoms with van der Waals surface area (Å²) in [6.07, 6.45) is 6.54. The monoisotopic (exact) mass is 556 g/mol. The fraction of sp³-hybridized carbons (Fsp3) is 0.321. The molecule has 1 fully saturated rings. The molecule has 0 unspecified atom stereocenters. The van der Waals surface area contributed by atoms with Crippen LogP contribution in [0.4, 0.5) is 15.9 Å². The van der Waals surface area contributed by atoms with Crippen molar-refractivity contribution < 1.29 is 14.7 Å². The molecular weight excluding hydrogens is 528 g/mol. The quantitative estimate of drug-likeness (QED) is 0.293. The average molecular weight is 557 g/mol. The maximum Gasteiger partial charge on any atom is 0.321 e. The van der Waals surface area contributed by atoms with Crippen LogP contribution in [0.15, 0.2) is 42.9 Å². The minimum atomic E-state index is -0.768. The third-order valence-electron chi connectivity index (χ3n) is 7.07. The number of aliphatic carboxylic acids is 1. The van der Waals surface area contributed by atoms with E-state index in [0.717, 1.165) is 27.0 Å². The van der Waals surface area contributed by atoms with Crippen LogP contribution in [0.2, 0.25) is 0 Å². The van der Waals surface area contributed by atoms with Crippen LogP contribution in [0, 0.1) is 16.7 Å². The normalized spacial score (nSPS) is 14.5. The highest BCUT2D eigenvalue weighted by Crippen LogP contribution is 2.38. The van der Waals surface area contributed by atoms with Crippen molar-refractivity contribution in [2.24, 2.45) is 5.41 Å². The van der Waals surface area contributed by atoms with Crippen LogP contribution in [0.3, 0.4) is 0 Å². The van der Waals surface area contributed by atoms with Gasteiger partial charge in [-0.15, -0.1) is 0 Å². The van der Waals surface area contributed by atoms with Crippen LogP contribution in [-0.2, 0) is 11.2 Å². The summed E-state index contributed by atoms with van der Waals surface area (Å²) in [5.41, 5.74) is 3.98. The SMILES string of the molecule is CCNC(=O)Nc1nc2cc(-c3cnc(N4CCC(C)(C(=O)O)CC4)nc3)cc(-c3ccc(CC#N)cn3)c2s1. The Bertz CT molecular complexity index is 1590. The largest absolute Gasteiger partial charge is 0.481 e. The van der Waals surface area contributed by atoms with Crippen LogP contribution in [0.5, 0.6) is 0 Å². The van der Waals surface area contributed by atoms with E-state index in [1.54, 1.807) is 25.5 Å². The molecule has 2 amide bonds. The van der Waals surface area contributed by atoms with Gasteiger partial charge in [0.1, 0.15) is 0 Å². The van der Waals surface area contributed by atoms with Crippen molar-refractivity contribution in [3.63, 3.8) is 0 Å². The average Bonchev–Trinajstić information content (AvgIpc) is 3.36. The molecule has 204 valence electrons. The van der Waals surface area contributed by atoms with E-state index in [1.807, 2.05) is 36.1 Å². The number of aromatic nitrogens is 4. The predicted octanol–water partition coefficient (Wildman–Crippen LogP) is 4.71. The molecule has 0 radical (unpaired) electrons. The van der Waals surface area contributed by atoms with Crippen LogP contribution < -0.4 is 15.5 Å². The van der Waals surface area contributed by atoms with E-state index in [1.165, 1.54) is 11.3 Å². The maximum atomic E-state index is 12.1. The number of hydrogen-bond donors (Lipinski definition) is 3. The maximum absolute atomic E-state index is 12.1. The number of carbonyl (C=O) groups is 2. The van der Waals surface area contributed by atoms with Crippen molar-refractivity contribution in [1.82, 2.24) is 25.3 Å². The van der Waals surface area contributed by atoms with E-state index in [2.05, 4.69) is 36.6 Å². The van der Waals surface area contributed by atoms with Gasteiger partial charge in [-0.05, 0) is 56.0 Å². The van der Waals surface area contributed by atoms with Crippen molar-refractivity contribution in [2.45, 2.75) is 33.1 Å². The molecule has 3 N–H and O–H groups in total. The number of carboxylic acid groups (broad SMARTS) is 1. The summed E-state index contributed by atoms with van der Waals surface area (Å²) >= 11 is 1.36. The molecular formula is C28H28N8O3S. The Balaban J connectivity index is 1.48. The molecule has 4 aromatic rings. The van der Waals surface area contributed by atoms with Gasteiger partial charge in [0, 0.05) is 49.4 Å². The second-order valence-electron chi connectivity index (χ2n) is 9.89. The molecule has 1 aromatic carbocycles. The minimum absolute atomic E-state index is 0.278. The number of rotatable bonds is 7. The number of thiazole rings is 1. The number of fused-ring (bicyclic) bond motifs is 1. The summed E-state index contributed by atoms with van der Waals surface area (Å²) in [7, 11) is 0. The lowest BCUT2D eigenvalue weighted by Gasteiger charge is -2.36.